The van der Waals surface area contributed by atoms with Crippen molar-refractivity contribution >= 4 is 43.2 Å². The number of amides is 1. The zero-order valence-electron chi connectivity index (χ0n) is 15.3. The van der Waals surface area contributed by atoms with E-state index in [1.165, 1.54) is 4.31 Å². The van der Waals surface area contributed by atoms with Crippen molar-refractivity contribution in [3.8, 4) is 0 Å². The van der Waals surface area contributed by atoms with Gasteiger partial charge in [0, 0.05) is 10.2 Å². The van der Waals surface area contributed by atoms with Gasteiger partial charge in [0.05, 0.1) is 11.9 Å². The van der Waals surface area contributed by atoms with Crippen LogP contribution in [0.4, 0.5) is 11.4 Å². The highest BCUT2D eigenvalue weighted by atomic mass is 79.9. The highest BCUT2D eigenvalue weighted by Crippen LogP contribution is 2.25. The molecule has 0 aromatic heterocycles. The molecule has 1 atom stereocenters. The van der Waals surface area contributed by atoms with E-state index < -0.39 is 16.1 Å². The number of carbonyl (C=O) groups is 1. The molecule has 0 saturated heterocycles. The molecule has 0 spiro atoms. The molecule has 0 bridgehead atoms. The monoisotopic (exact) mass is 438 g/mol. The molecular weight excluding hydrogens is 416 g/mol. The summed E-state index contributed by atoms with van der Waals surface area (Å²) in [6, 6.07) is 11.7. The molecule has 0 radical (unpaired) electrons. The number of halogens is 1. The molecule has 5 nitrogen and oxygen atoms in total. The van der Waals surface area contributed by atoms with Crippen molar-refractivity contribution in [1.29, 1.82) is 0 Å². The number of benzene rings is 2. The predicted octanol–water partition coefficient (Wildman–Crippen LogP) is 4.25. The van der Waals surface area contributed by atoms with Crippen LogP contribution in [-0.2, 0) is 14.8 Å². The largest absolute Gasteiger partial charge is 0.324 e. The van der Waals surface area contributed by atoms with Gasteiger partial charge < -0.3 is 5.32 Å². The summed E-state index contributed by atoms with van der Waals surface area (Å²) < 4.78 is 27.0. The van der Waals surface area contributed by atoms with Crippen molar-refractivity contribution in [2.75, 3.05) is 15.9 Å². The molecule has 0 aliphatic rings. The number of aryl methyl sites for hydroxylation is 2. The number of carbonyl (C=O) groups excluding carboxylic acids is 1. The fraction of sp³-hybridized carbons (Fsp3) is 0.316. The van der Waals surface area contributed by atoms with Gasteiger partial charge in [0.25, 0.3) is 0 Å². The lowest BCUT2D eigenvalue weighted by Gasteiger charge is -2.30. The molecule has 26 heavy (non-hydrogen) atoms. The Morgan fingerprint density at radius 1 is 1.15 bits per heavy atom. The summed E-state index contributed by atoms with van der Waals surface area (Å²) in [5.41, 5.74) is 3.11. The molecule has 140 valence electrons. The second kappa shape index (κ2) is 8.22. The van der Waals surface area contributed by atoms with Gasteiger partial charge in [0.15, 0.2) is 0 Å². The summed E-state index contributed by atoms with van der Waals surface area (Å²) in [5, 5.41) is 2.83. The number of rotatable bonds is 6. The normalized spacial score (nSPS) is 12.5. The van der Waals surface area contributed by atoms with Gasteiger partial charge in [-0.25, -0.2) is 8.42 Å². The number of hydrogen-bond acceptors (Lipinski definition) is 3. The van der Waals surface area contributed by atoms with E-state index in [0.29, 0.717) is 17.8 Å². The minimum absolute atomic E-state index is 0.349. The zero-order chi connectivity index (χ0) is 19.5. The molecule has 7 heteroatoms. The van der Waals surface area contributed by atoms with Gasteiger partial charge in [-0.05, 0) is 56.2 Å². The molecule has 2 aromatic rings. The first-order valence-electron chi connectivity index (χ1n) is 8.26. The van der Waals surface area contributed by atoms with Crippen LogP contribution in [0.5, 0.6) is 0 Å². The Kier molecular flexibility index (Phi) is 6.47. The second-order valence-electron chi connectivity index (χ2n) is 6.27. The topological polar surface area (TPSA) is 66.5 Å². The fourth-order valence-electron chi connectivity index (χ4n) is 2.70. The van der Waals surface area contributed by atoms with Crippen LogP contribution >= 0.6 is 15.9 Å². The smallest absolute Gasteiger partial charge is 0.248 e. The molecule has 2 aromatic carbocycles. The van der Waals surface area contributed by atoms with E-state index in [-0.39, 0.29) is 5.91 Å². The van der Waals surface area contributed by atoms with Gasteiger partial charge in [-0.3, -0.25) is 9.10 Å². The first-order chi connectivity index (χ1) is 12.1. The number of hydrogen-bond donors (Lipinski definition) is 1. The zero-order valence-corrected chi connectivity index (χ0v) is 17.7. The average molecular weight is 439 g/mol. The Morgan fingerprint density at radius 2 is 1.77 bits per heavy atom. The van der Waals surface area contributed by atoms with Crippen molar-refractivity contribution in [2.24, 2.45) is 0 Å². The SMILES string of the molecule is CC[C@H](C(=O)Nc1ccc(Br)c(C)c1)N(c1ccc(C)cc1)S(C)(=O)=O. The predicted molar refractivity (Wildman–Crippen MR) is 110 cm³/mol. The number of anilines is 2. The third kappa shape index (κ3) is 4.86. The van der Waals surface area contributed by atoms with E-state index >= 15 is 0 Å². The molecule has 0 aliphatic carbocycles. The summed E-state index contributed by atoms with van der Waals surface area (Å²) in [7, 11) is -3.63. The van der Waals surface area contributed by atoms with Crippen LogP contribution < -0.4 is 9.62 Å². The maximum atomic E-state index is 12.8. The highest BCUT2D eigenvalue weighted by molar-refractivity contribution is 9.10. The number of nitrogens with zero attached hydrogens (tertiary/aromatic N) is 1. The van der Waals surface area contributed by atoms with Crippen LogP contribution in [0.25, 0.3) is 0 Å². The van der Waals surface area contributed by atoms with E-state index in [0.717, 1.165) is 21.9 Å². The summed E-state index contributed by atoms with van der Waals surface area (Å²) in [4.78, 5) is 12.8. The molecule has 1 amide bonds. The van der Waals surface area contributed by atoms with Crippen LogP contribution in [0.1, 0.15) is 24.5 Å². The Morgan fingerprint density at radius 3 is 2.27 bits per heavy atom. The van der Waals surface area contributed by atoms with Crippen LogP contribution in [0, 0.1) is 13.8 Å². The van der Waals surface area contributed by atoms with E-state index in [1.54, 1.807) is 25.1 Å². The van der Waals surface area contributed by atoms with Crippen LogP contribution in [-0.4, -0.2) is 26.6 Å². The van der Waals surface area contributed by atoms with Crippen molar-refractivity contribution in [2.45, 2.75) is 33.2 Å². The average Bonchev–Trinajstić information content (AvgIpc) is 2.56. The first-order valence-corrected chi connectivity index (χ1v) is 10.9. The van der Waals surface area contributed by atoms with E-state index in [2.05, 4.69) is 21.2 Å². The second-order valence-corrected chi connectivity index (χ2v) is 8.99. The lowest BCUT2D eigenvalue weighted by molar-refractivity contribution is -0.117. The third-order valence-electron chi connectivity index (χ3n) is 4.04. The molecule has 2 rings (SSSR count). The Labute approximate surface area is 163 Å². The fourth-order valence-corrected chi connectivity index (χ4v) is 4.16. The first kappa shape index (κ1) is 20.5. The van der Waals surface area contributed by atoms with Crippen LogP contribution in [0.15, 0.2) is 46.9 Å². The minimum atomic E-state index is -3.63. The van der Waals surface area contributed by atoms with Gasteiger partial charge in [-0.2, -0.15) is 0 Å². The number of nitrogens with one attached hydrogen (secondary N) is 1. The van der Waals surface area contributed by atoms with Crippen LogP contribution in [0.2, 0.25) is 0 Å². The van der Waals surface area contributed by atoms with Gasteiger partial charge in [0.1, 0.15) is 6.04 Å². The summed E-state index contributed by atoms with van der Waals surface area (Å²) in [5.74, 6) is -0.361. The maximum absolute atomic E-state index is 12.8. The summed E-state index contributed by atoms with van der Waals surface area (Å²) in [6.45, 7) is 5.64. The van der Waals surface area contributed by atoms with Gasteiger partial charge in [-0.1, -0.05) is 40.5 Å². The minimum Gasteiger partial charge on any atom is -0.324 e. The van der Waals surface area contributed by atoms with Crippen molar-refractivity contribution in [3.05, 3.63) is 58.1 Å². The van der Waals surface area contributed by atoms with Crippen molar-refractivity contribution in [1.82, 2.24) is 0 Å². The molecule has 0 unspecified atom stereocenters. The number of sulfonamides is 1. The maximum Gasteiger partial charge on any atom is 0.248 e. The van der Waals surface area contributed by atoms with E-state index in [4.69, 9.17) is 0 Å². The molecule has 0 saturated carbocycles. The third-order valence-corrected chi connectivity index (χ3v) is 6.11. The Hall–Kier alpha value is -1.86. The Bertz CT molecular complexity index is 896. The summed E-state index contributed by atoms with van der Waals surface area (Å²) >= 11 is 3.42. The quantitative estimate of drug-likeness (QED) is 0.732. The summed E-state index contributed by atoms with van der Waals surface area (Å²) in [6.07, 6.45) is 1.47. The van der Waals surface area contributed by atoms with Crippen molar-refractivity contribution in [3.63, 3.8) is 0 Å². The molecular formula is C19H23BrN2O3S. The van der Waals surface area contributed by atoms with E-state index in [9.17, 15) is 13.2 Å². The Balaban J connectivity index is 2.36. The molecule has 0 fully saturated rings. The lowest BCUT2D eigenvalue weighted by atomic mass is 10.1. The highest BCUT2D eigenvalue weighted by Gasteiger charge is 2.31. The standard InChI is InChI=1S/C19H23BrN2O3S/c1-5-18(19(23)21-15-8-11-17(20)14(3)12-15)22(26(4,24)25)16-9-6-13(2)7-10-16/h6-12,18H,5H2,1-4H3,(H,21,23)/t18-/m1/s1. The van der Waals surface area contributed by atoms with Crippen LogP contribution in [0.3, 0.4) is 0 Å². The lowest BCUT2D eigenvalue weighted by Crippen LogP contribution is -2.47. The molecule has 0 aliphatic heterocycles. The molecule has 1 N–H and O–H groups in total. The van der Waals surface area contributed by atoms with Gasteiger partial charge in [-0.15, -0.1) is 0 Å². The van der Waals surface area contributed by atoms with Gasteiger partial charge in [0.2, 0.25) is 15.9 Å². The molecule has 0 heterocycles. The van der Waals surface area contributed by atoms with Crippen molar-refractivity contribution < 1.29 is 13.2 Å². The van der Waals surface area contributed by atoms with Gasteiger partial charge >= 0.3 is 0 Å². The van der Waals surface area contributed by atoms with E-state index in [1.807, 2.05) is 38.1 Å².